The number of ether oxygens (including phenoxy) is 1. The van der Waals surface area contributed by atoms with Gasteiger partial charge in [0.05, 0.1) is 27.2 Å². The van der Waals surface area contributed by atoms with Gasteiger partial charge in [-0.05, 0) is 75.6 Å². The van der Waals surface area contributed by atoms with Gasteiger partial charge in [0, 0.05) is 12.6 Å². The molecule has 0 saturated heterocycles. The Morgan fingerprint density at radius 1 is 0.930 bits per heavy atom. The maximum atomic E-state index is 14.3. The van der Waals surface area contributed by atoms with E-state index in [0.29, 0.717) is 40.8 Å². The summed E-state index contributed by atoms with van der Waals surface area (Å²) in [7, 11) is -4.23. The van der Waals surface area contributed by atoms with E-state index in [-0.39, 0.29) is 29.1 Å². The Hall–Kier alpha value is -3.27. The molecule has 43 heavy (non-hydrogen) atoms. The second-order valence-corrected chi connectivity index (χ2v) is 12.9. The molecule has 0 unspecified atom stereocenters. The van der Waals surface area contributed by atoms with Crippen molar-refractivity contribution in [1.29, 1.82) is 0 Å². The highest BCUT2D eigenvalue weighted by Gasteiger charge is 2.35. The third kappa shape index (κ3) is 8.65. The van der Waals surface area contributed by atoms with Crippen LogP contribution in [-0.2, 0) is 26.2 Å². The van der Waals surface area contributed by atoms with Gasteiger partial charge in [-0.15, -0.1) is 0 Å². The topological polar surface area (TPSA) is 96.0 Å². The number of amides is 2. The first kappa shape index (κ1) is 34.2. The van der Waals surface area contributed by atoms with Crippen molar-refractivity contribution < 1.29 is 22.7 Å². The Morgan fingerprint density at radius 3 is 2.21 bits per heavy atom. The zero-order valence-electron chi connectivity index (χ0n) is 25.1. The van der Waals surface area contributed by atoms with Crippen molar-refractivity contribution in [3.05, 3.63) is 87.9 Å². The lowest BCUT2D eigenvalue weighted by Gasteiger charge is -2.34. The molecule has 0 aliphatic rings. The molecule has 8 nitrogen and oxygen atoms in total. The number of nitrogens with one attached hydrogen (secondary N) is 1. The van der Waals surface area contributed by atoms with Crippen molar-refractivity contribution in [2.24, 2.45) is 0 Å². The summed E-state index contributed by atoms with van der Waals surface area (Å²) in [6, 6.07) is 17.1. The molecule has 11 heteroatoms. The van der Waals surface area contributed by atoms with Crippen LogP contribution in [0.1, 0.15) is 51.7 Å². The predicted molar refractivity (Wildman–Crippen MR) is 172 cm³/mol. The minimum Gasteiger partial charge on any atom is -0.492 e. The SMILES string of the molecule is CCOc1ccccc1N(CC(=O)N(Cc1ccc(Cl)c(Cl)c1)[C@@H](CC)C(=O)N[C@H](C)CC)S(=O)(=O)c1ccc(C)cc1. The molecule has 2 atom stereocenters. The number of halogens is 2. The second-order valence-electron chi connectivity index (χ2n) is 10.2. The van der Waals surface area contributed by atoms with Crippen molar-refractivity contribution >= 4 is 50.7 Å². The predicted octanol–water partition coefficient (Wildman–Crippen LogP) is 6.62. The normalized spacial score (nSPS) is 12.7. The number of hydrogen-bond donors (Lipinski definition) is 1. The second kappa shape index (κ2) is 15.5. The van der Waals surface area contributed by atoms with Crippen molar-refractivity contribution in [2.75, 3.05) is 17.5 Å². The summed E-state index contributed by atoms with van der Waals surface area (Å²) >= 11 is 12.4. The van der Waals surface area contributed by atoms with Crippen molar-refractivity contribution in [1.82, 2.24) is 10.2 Å². The summed E-state index contributed by atoms with van der Waals surface area (Å²) < 4.78 is 35.1. The van der Waals surface area contributed by atoms with E-state index in [2.05, 4.69) is 5.32 Å². The summed E-state index contributed by atoms with van der Waals surface area (Å²) in [6.07, 6.45) is 1.01. The van der Waals surface area contributed by atoms with Crippen LogP contribution in [0, 0.1) is 6.92 Å². The molecule has 0 heterocycles. The highest BCUT2D eigenvalue weighted by atomic mass is 35.5. The fraction of sp³-hybridized carbons (Fsp3) is 0.375. The molecular weight excluding hydrogens is 609 g/mol. The van der Waals surface area contributed by atoms with E-state index < -0.39 is 28.5 Å². The molecular formula is C32H39Cl2N3O5S. The van der Waals surface area contributed by atoms with Crippen LogP contribution in [0.3, 0.4) is 0 Å². The highest BCUT2D eigenvalue weighted by Crippen LogP contribution is 2.33. The Bertz CT molecular complexity index is 1520. The number of para-hydroxylation sites is 2. The molecule has 0 fully saturated rings. The molecule has 232 valence electrons. The molecule has 3 rings (SSSR count). The molecule has 0 aliphatic heterocycles. The van der Waals surface area contributed by atoms with Crippen LogP contribution in [0.25, 0.3) is 0 Å². The van der Waals surface area contributed by atoms with Gasteiger partial charge >= 0.3 is 0 Å². The third-order valence-electron chi connectivity index (χ3n) is 7.05. The molecule has 3 aromatic carbocycles. The number of anilines is 1. The number of benzene rings is 3. The monoisotopic (exact) mass is 647 g/mol. The Morgan fingerprint density at radius 2 is 1.60 bits per heavy atom. The number of carbonyl (C=O) groups is 2. The number of aryl methyl sites for hydroxylation is 1. The van der Waals surface area contributed by atoms with Crippen LogP contribution < -0.4 is 14.4 Å². The zero-order chi connectivity index (χ0) is 31.7. The number of hydrogen-bond acceptors (Lipinski definition) is 5. The maximum absolute atomic E-state index is 14.3. The minimum atomic E-state index is -4.23. The third-order valence-corrected chi connectivity index (χ3v) is 9.56. The summed E-state index contributed by atoms with van der Waals surface area (Å²) in [5, 5.41) is 3.62. The van der Waals surface area contributed by atoms with Crippen molar-refractivity contribution in [3.63, 3.8) is 0 Å². The van der Waals surface area contributed by atoms with E-state index >= 15 is 0 Å². The molecule has 0 aromatic heterocycles. The first-order chi connectivity index (χ1) is 20.4. The van der Waals surface area contributed by atoms with Gasteiger partial charge < -0.3 is 15.0 Å². The molecule has 0 spiro atoms. The van der Waals surface area contributed by atoms with Gasteiger partial charge in [0.2, 0.25) is 11.8 Å². The van der Waals surface area contributed by atoms with E-state index in [1.165, 1.54) is 17.0 Å². The smallest absolute Gasteiger partial charge is 0.264 e. The average molecular weight is 649 g/mol. The number of carbonyl (C=O) groups excluding carboxylic acids is 2. The van der Waals surface area contributed by atoms with Crippen LogP contribution in [0.15, 0.2) is 71.6 Å². The largest absolute Gasteiger partial charge is 0.492 e. The Balaban J connectivity index is 2.12. The minimum absolute atomic E-state index is 0.00762. The van der Waals surface area contributed by atoms with E-state index in [1.807, 2.05) is 20.8 Å². The lowest BCUT2D eigenvalue weighted by molar-refractivity contribution is -0.140. The summed E-state index contributed by atoms with van der Waals surface area (Å²) in [5.41, 5.74) is 1.74. The highest BCUT2D eigenvalue weighted by molar-refractivity contribution is 7.92. The molecule has 0 saturated carbocycles. The zero-order valence-corrected chi connectivity index (χ0v) is 27.5. The summed E-state index contributed by atoms with van der Waals surface area (Å²) in [6.45, 7) is 9.02. The van der Waals surface area contributed by atoms with E-state index in [0.717, 1.165) is 9.87 Å². The van der Waals surface area contributed by atoms with Crippen LogP contribution in [-0.4, -0.2) is 50.4 Å². The Kier molecular flexibility index (Phi) is 12.3. The maximum Gasteiger partial charge on any atom is 0.264 e. The summed E-state index contributed by atoms with van der Waals surface area (Å²) in [5.74, 6) is -0.585. The number of rotatable bonds is 14. The van der Waals surface area contributed by atoms with E-state index in [4.69, 9.17) is 27.9 Å². The van der Waals surface area contributed by atoms with Crippen LogP contribution in [0.4, 0.5) is 5.69 Å². The molecule has 1 N–H and O–H groups in total. The first-order valence-electron chi connectivity index (χ1n) is 14.3. The molecule has 0 aliphatic carbocycles. The first-order valence-corrected chi connectivity index (χ1v) is 16.5. The van der Waals surface area contributed by atoms with Gasteiger partial charge in [0.15, 0.2) is 0 Å². The molecule has 0 radical (unpaired) electrons. The lowest BCUT2D eigenvalue weighted by atomic mass is 10.1. The number of sulfonamides is 1. The van der Waals surface area contributed by atoms with Gasteiger partial charge in [-0.1, -0.05) is 72.9 Å². The fourth-order valence-corrected chi connectivity index (χ4v) is 6.23. The van der Waals surface area contributed by atoms with Gasteiger partial charge in [0.25, 0.3) is 10.0 Å². The molecule has 0 bridgehead atoms. The summed E-state index contributed by atoms with van der Waals surface area (Å²) in [4.78, 5) is 29.2. The molecule has 2 amide bonds. The quantitative estimate of drug-likeness (QED) is 0.212. The average Bonchev–Trinajstić information content (AvgIpc) is 2.98. The Labute approximate surface area is 265 Å². The van der Waals surface area contributed by atoms with Gasteiger partial charge in [-0.3, -0.25) is 13.9 Å². The van der Waals surface area contributed by atoms with Gasteiger partial charge in [-0.25, -0.2) is 8.42 Å². The van der Waals surface area contributed by atoms with Gasteiger partial charge in [0.1, 0.15) is 18.3 Å². The molecule has 3 aromatic rings. The lowest BCUT2D eigenvalue weighted by Crippen LogP contribution is -2.53. The van der Waals surface area contributed by atoms with Crippen LogP contribution >= 0.6 is 23.2 Å². The fourth-order valence-electron chi connectivity index (χ4n) is 4.49. The van der Waals surface area contributed by atoms with E-state index in [1.54, 1.807) is 68.4 Å². The van der Waals surface area contributed by atoms with Crippen molar-refractivity contribution in [3.8, 4) is 5.75 Å². The van der Waals surface area contributed by atoms with Gasteiger partial charge in [-0.2, -0.15) is 0 Å². The van der Waals surface area contributed by atoms with E-state index in [9.17, 15) is 18.0 Å². The number of nitrogens with zero attached hydrogens (tertiary/aromatic N) is 2. The standard InChI is InChI=1S/C32H39Cl2N3O5S/c1-6-23(5)35-32(39)28(7-2)36(20-24-15-18-26(33)27(34)19-24)31(38)21-37(29-11-9-10-12-30(29)42-8-3)43(40,41)25-16-13-22(4)14-17-25/h9-19,23,28H,6-8,20-21H2,1-5H3,(H,35,39)/t23-,28+/m1/s1. The van der Waals surface area contributed by atoms with Crippen LogP contribution in [0.5, 0.6) is 5.75 Å². The van der Waals surface area contributed by atoms with Crippen molar-refractivity contribution in [2.45, 2.75) is 71.0 Å². The van der Waals surface area contributed by atoms with Crippen LogP contribution in [0.2, 0.25) is 10.0 Å².